The van der Waals surface area contributed by atoms with Crippen LogP contribution in [0.1, 0.15) is 16.1 Å². The smallest absolute Gasteiger partial charge is 0.352 e. The number of aryl methyl sites for hydroxylation is 1. The number of rotatable bonds is 3. The highest BCUT2D eigenvalue weighted by Gasteiger charge is 2.14. The molecule has 5 heteroatoms. The number of benzene rings is 1. The molecule has 2 aromatic rings. The van der Waals surface area contributed by atoms with Gasteiger partial charge in [-0.3, -0.25) is 9.36 Å². The Labute approximate surface area is 103 Å². The Morgan fingerprint density at radius 1 is 1.39 bits per heavy atom. The summed E-state index contributed by atoms with van der Waals surface area (Å²) in [4.78, 5) is 23.3. The number of nitrogens with zero attached hydrogens (tertiary/aromatic N) is 1. The Morgan fingerprint density at radius 3 is 2.72 bits per heavy atom. The Bertz CT molecular complexity index is 672. The number of carboxylic acid groups (broad SMARTS) is 1. The van der Waals surface area contributed by atoms with E-state index in [4.69, 9.17) is 9.84 Å². The molecule has 0 amide bonds. The fourth-order valence-electron chi connectivity index (χ4n) is 1.91. The summed E-state index contributed by atoms with van der Waals surface area (Å²) in [6, 6.07) is 6.80. The third kappa shape index (κ3) is 2.00. The van der Waals surface area contributed by atoms with Crippen molar-refractivity contribution in [3.8, 4) is 0 Å². The molecule has 1 N–H and O–H groups in total. The highest BCUT2D eigenvalue weighted by atomic mass is 16.5. The average molecular weight is 247 g/mol. The van der Waals surface area contributed by atoms with Crippen molar-refractivity contribution in [3.63, 3.8) is 0 Å². The molecule has 0 fully saturated rings. The van der Waals surface area contributed by atoms with Gasteiger partial charge in [-0.05, 0) is 24.4 Å². The molecule has 94 valence electrons. The van der Waals surface area contributed by atoms with Crippen molar-refractivity contribution in [2.24, 2.45) is 0 Å². The van der Waals surface area contributed by atoms with E-state index in [1.165, 1.54) is 13.2 Å². The minimum atomic E-state index is -1.15. The average Bonchev–Trinajstić information content (AvgIpc) is 2.32. The largest absolute Gasteiger partial charge is 0.477 e. The van der Waals surface area contributed by atoms with Crippen molar-refractivity contribution in [3.05, 3.63) is 45.9 Å². The summed E-state index contributed by atoms with van der Waals surface area (Å²) < 4.78 is 5.98. The van der Waals surface area contributed by atoms with Crippen molar-refractivity contribution in [1.82, 2.24) is 4.57 Å². The van der Waals surface area contributed by atoms with E-state index in [1.807, 2.05) is 13.0 Å². The van der Waals surface area contributed by atoms with Crippen LogP contribution in [0.5, 0.6) is 0 Å². The van der Waals surface area contributed by atoms with Gasteiger partial charge in [-0.25, -0.2) is 4.79 Å². The standard InChI is InChI=1S/C13H13NO4/c1-8-3-4-10-9(5-8)6-11(13(16)17)14(7-18-2)12(10)15/h3-6H,7H2,1-2H3,(H,16,17). The lowest BCUT2D eigenvalue weighted by atomic mass is 10.1. The Hall–Kier alpha value is -2.14. The van der Waals surface area contributed by atoms with Crippen LogP contribution >= 0.6 is 0 Å². The van der Waals surface area contributed by atoms with E-state index in [9.17, 15) is 9.59 Å². The van der Waals surface area contributed by atoms with E-state index in [1.54, 1.807) is 12.1 Å². The third-order valence-electron chi connectivity index (χ3n) is 2.74. The lowest BCUT2D eigenvalue weighted by molar-refractivity contribution is 0.0656. The molecule has 2 rings (SSSR count). The number of aromatic nitrogens is 1. The number of ether oxygens (including phenoxy) is 1. The maximum absolute atomic E-state index is 12.2. The van der Waals surface area contributed by atoms with E-state index in [-0.39, 0.29) is 18.0 Å². The van der Waals surface area contributed by atoms with Gasteiger partial charge in [0.15, 0.2) is 0 Å². The number of methoxy groups -OCH3 is 1. The fourth-order valence-corrected chi connectivity index (χ4v) is 1.91. The van der Waals surface area contributed by atoms with Crippen molar-refractivity contribution in [1.29, 1.82) is 0 Å². The van der Waals surface area contributed by atoms with Crippen LogP contribution in [0.4, 0.5) is 0 Å². The normalized spacial score (nSPS) is 10.8. The Kier molecular flexibility index (Phi) is 3.16. The molecule has 0 aliphatic carbocycles. The van der Waals surface area contributed by atoms with Crippen LogP contribution in [0.25, 0.3) is 10.8 Å². The molecule has 0 unspecified atom stereocenters. The molecule has 5 nitrogen and oxygen atoms in total. The van der Waals surface area contributed by atoms with Crippen LogP contribution in [0.3, 0.4) is 0 Å². The van der Waals surface area contributed by atoms with Crippen molar-refractivity contribution < 1.29 is 14.6 Å². The molecule has 1 aromatic heterocycles. The zero-order valence-electron chi connectivity index (χ0n) is 10.1. The molecular weight excluding hydrogens is 234 g/mol. The van der Waals surface area contributed by atoms with Crippen LogP contribution < -0.4 is 5.56 Å². The first-order chi connectivity index (χ1) is 8.54. The monoisotopic (exact) mass is 247 g/mol. The number of hydrogen-bond donors (Lipinski definition) is 1. The van der Waals surface area contributed by atoms with E-state index in [0.29, 0.717) is 10.8 Å². The molecule has 1 aromatic carbocycles. The van der Waals surface area contributed by atoms with Gasteiger partial charge >= 0.3 is 5.97 Å². The zero-order chi connectivity index (χ0) is 13.3. The Balaban J connectivity index is 2.85. The first-order valence-electron chi connectivity index (χ1n) is 5.41. The van der Waals surface area contributed by atoms with Crippen LogP contribution in [-0.4, -0.2) is 22.8 Å². The number of aromatic carboxylic acids is 1. The first kappa shape index (κ1) is 12.3. The second kappa shape index (κ2) is 4.62. The number of hydrogen-bond acceptors (Lipinski definition) is 3. The highest BCUT2D eigenvalue weighted by molar-refractivity contribution is 5.92. The van der Waals surface area contributed by atoms with E-state index >= 15 is 0 Å². The van der Waals surface area contributed by atoms with Crippen molar-refractivity contribution in [2.45, 2.75) is 13.7 Å². The van der Waals surface area contributed by atoms with Gasteiger partial charge in [-0.15, -0.1) is 0 Å². The zero-order valence-corrected chi connectivity index (χ0v) is 10.1. The van der Waals surface area contributed by atoms with Gasteiger partial charge in [0.25, 0.3) is 5.56 Å². The molecule has 0 aliphatic rings. The lowest BCUT2D eigenvalue weighted by Crippen LogP contribution is -2.26. The van der Waals surface area contributed by atoms with Crippen LogP contribution in [0.2, 0.25) is 0 Å². The van der Waals surface area contributed by atoms with Gasteiger partial charge in [-0.2, -0.15) is 0 Å². The molecule has 0 spiro atoms. The van der Waals surface area contributed by atoms with E-state index < -0.39 is 5.97 Å². The summed E-state index contributed by atoms with van der Waals surface area (Å²) in [6.45, 7) is 1.81. The molecule has 1 heterocycles. The van der Waals surface area contributed by atoms with Gasteiger partial charge in [-0.1, -0.05) is 17.7 Å². The van der Waals surface area contributed by atoms with Gasteiger partial charge in [0, 0.05) is 12.5 Å². The minimum Gasteiger partial charge on any atom is -0.477 e. The second-order valence-corrected chi connectivity index (χ2v) is 4.08. The van der Waals surface area contributed by atoms with Gasteiger partial charge in [0.1, 0.15) is 12.4 Å². The van der Waals surface area contributed by atoms with Crippen LogP contribution in [-0.2, 0) is 11.5 Å². The molecule has 0 atom stereocenters. The van der Waals surface area contributed by atoms with Gasteiger partial charge in [0.05, 0.1) is 0 Å². The van der Waals surface area contributed by atoms with Crippen LogP contribution in [0.15, 0.2) is 29.1 Å². The summed E-state index contributed by atoms with van der Waals surface area (Å²) >= 11 is 0. The number of carboxylic acids is 1. The summed E-state index contributed by atoms with van der Waals surface area (Å²) in [5.41, 5.74) is 0.550. The minimum absolute atomic E-state index is 0.0695. The number of fused-ring (bicyclic) bond motifs is 1. The second-order valence-electron chi connectivity index (χ2n) is 4.08. The molecule has 0 saturated heterocycles. The lowest BCUT2D eigenvalue weighted by Gasteiger charge is -2.10. The highest BCUT2D eigenvalue weighted by Crippen LogP contribution is 2.14. The summed E-state index contributed by atoms with van der Waals surface area (Å²) in [5, 5.41) is 10.2. The summed E-state index contributed by atoms with van der Waals surface area (Å²) in [7, 11) is 1.41. The van der Waals surface area contributed by atoms with Gasteiger partial charge < -0.3 is 9.84 Å². The third-order valence-corrected chi connectivity index (χ3v) is 2.74. The molecule has 0 bridgehead atoms. The predicted molar refractivity (Wildman–Crippen MR) is 66.9 cm³/mol. The van der Waals surface area contributed by atoms with Gasteiger partial charge in [0.2, 0.25) is 0 Å². The molecule has 18 heavy (non-hydrogen) atoms. The fraction of sp³-hybridized carbons (Fsp3) is 0.231. The number of pyridine rings is 1. The maximum Gasteiger partial charge on any atom is 0.352 e. The molecule has 0 saturated carbocycles. The quantitative estimate of drug-likeness (QED) is 0.894. The van der Waals surface area contributed by atoms with Crippen molar-refractivity contribution >= 4 is 16.7 Å². The predicted octanol–water partition coefficient (Wildman–Crippen LogP) is 1.61. The first-order valence-corrected chi connectivity index (χ1v) is 5.41. The summed E-state index contributed by atoms with van der Waals surface area (Å²) in [6.07, 6.45) is 0. The van der Waals surface area contributed by atoms with E-state index in [0.717, 1.165) is 10.1 Å². The molecule has 0 aliphatic heterocycles. The Morgan fingerprint density at radius 2 is 2.11 bits per heavy atom. The van der Waals surface area contributed by atoms with E-state index in [2.05, 4.69) is 0 Å². The maximum atomic E-state index is 12.2. The summed E-state index contributed by atoms with van der Waals surface area (Å²) in [5.74, 6) is -1.15. The topological polar surface area (TPSA) is 68.5 Å². The molecule has 0 radical (unpaired) electrons. The number of carbonyl (C=O) groups is 1. The SMILES string of the molecule is COCn1c(C(=O)O)cc2cc(C)ccc2c1=O. The van der Waals surface area contributed by atoms with Crippen LogP contribution in [0, 0.1) is 6.92 Å². The van der Waals surface area contributed by atoms with Crippen molar-refractivity contribution in [2.75, 3.05) is 7.11 Å². The molecular formula is C13H13NO4.